The minimum Gasteiger partial charge on any atom is -0.496 e. The first-order valence-corrected chi connectivity index (χ1v) is 8.43. The van der Waals surface area contributed by atoms with Gasteiger partial charge in [0, 0.05) is 17.6 Å². The third-order valence-corrected chi connectivity index (χ3v) is 4.34. The standard InChI is InChI=1S/C20H24N2O2/c1-14(17-10-6-7-11-18(17)24-2)21-19(15-8-4-3-5-9-15)20(23)22-16-12-13-16/h3-11,14,16,19,21H,12-13H2,1-2H3,(H,22,23)/t14-,19-/m0/s1. The number of nitrogens with one attached hydrogen (secondary N) is 2. The van der Waals surface area contributed by atoms with E-state index in [0.717, 1.165) is 29.7 Å². The lowest BCUT2D eigenvalue weighted by Crippen LogP contribution is -2.39. The number of rotatable bonds is 7. The van der Waals surface area contributed by atoms with E-state index in [1.807, 2.05) is 54.6 Å². The Balaban J connectivity index is 1.81. The largest absolute Gasteiger partial charge is 0.496 e. The maximum absolute atomic E-state index is 12.7. The van der Waals surface area contributed by atoms with Gasteiger partial charge >= 0.3 is 0 Å². The molecule has 2 N–H and O–H groups in total. The Morgan fingerprint density at radius 1 is 1.08 bits per heavy atom. The van der Waals surface area contributed by atoms with Crippen molar-refractivity contribution in [2.45, 2.75) is 37.9 Å². The van der Waals surface area contributed by atoms with Gasteiger partial charge in [-0.3, -0.25) is 10.1 Å². The van der Waals surface area contributed by atoms with Crippen LogP contribution in [0.2, 0.25) is 0 Å². The molecule has 1 saturated carbocycles. The molecule has 1 fully saturated rings. The van der Waals surface area contributed by atoms with Crippen LogP contribution in [0.3, 0.4) is 0 Å². The van der Waals surface area contributed by atoms with E-state index >= 15 is 0 Å². The summed E-state index contributed by atoms with van der Waals surface area (Å²) in [5, 5.41) is 6.57. The lowest BCUT2D eigenvalue weighted by Gasteiger charge is -2.24. The summed E-state index contributed by atoms with van der Waals surface area (Å²) < 4.78 is 5.45. The highest BCUT2D eigenvalue weighted by Gasteiger charge is 2.29. The number of carbonyl (C=O) groups is 1. The summed E-state index contributed by atoms with van der Waals surface area (Å²) in [6.07, 6.45) is 2.16. The summed E-state index contributed by atoms with van der Waals surface area (Å²) in [4.78, 5) is 12.7. The number of amides is 1. The van der Waals surface area contributed by atoms with E-state index < -0.39 is 0 Å². The number of ether oxygens (including phenoxy) is 1. The molecule has 126 valence electrons. The SMILES string of the molecule is COc1ccccc1[C@H](C)N[C@H](C(=O)NC1CC1)c1ccccc1. The average molecular weight is 324 g/mol. The molecule has 24 heavy (non-hydrogen) atoms. The molecule has 4 nitrogen and oxygen atoms in total. The Labute approximate surface area is 143 Å². The number of para-hydroxylation sites is 1. The molecule has 3 rings (SSSR count). The van der Waals surface area contributed by atoms with Gasteiger partial charge in [0.25, 0.3) is 0 Å². The van der Waals surface area contributed by atoms with Crippen molar-refractivity contribution in [2.75, 3.05) is 7.11 Å². The molecule has 0 saturated heterocycles. The second-order valence-corrected chi connectivity index (χ2v) is 6.26. The van der Waals surface area contributed by atoms with Gasteiger partial charge in [0.1, 0.15) is 11.8 Å². The Morgan fingerprint density at radius 2 is 1.75 bits per heavy atom. The van der Waals surface area contributed by atoms with Gasteiger partial charge in [-0.1, -0.05) is 48.5 Å². The fraction of sp³-hybridized carbons (Fsp3) is 0.350. The summed E-state index contributed by atoms with van der Waals surface area (Å²) in [5.74, 6) is 0.859. The Morgan fingerprint density at radius 3 is 2.42 bits per heavy atom. The molecule has 0 aliphatic heterocycles. The average Bonchev–Trinajstić information content (AvgIpc) is 3.44. The van der Waals surface area contributed by atoms with Crippen LogP contribution in [0.25, 0.3) is 0 Å². The minimum absolute atomic E-state index is 0.0173. The Hall–Kier alpha value is -2.33. The highest BCUT2D eigenvalue weighted by Crippen LogP contribution is 2.28. The van der Waals surface area contributed by atoms with Gasteiger partial charge in [0.2, 0.25) is 5.91 Å². The quantitative estimate of drug-likeness (QED) is 0.821. The first-order valence-electron chi connectivity index (χ1n) is 8.43. The van der Waals surface area contributed by atoms with Crippen LogP contribution in [0.4, 0.5) is 0 Å². The van der Waals surface area contributed by atoms with E-state index in [1.54, 1.807) is 7.11 Å². The van der Waals surface area contributed by atoms with E-state index in [0.29, 0.717) is 6.04 Å². The summed E-state index contributed by atoms with van der Waals surface area (Å²) in [6, 6.07) is 17.7. The number of hydrogen-bond acceptors (Lipinski definition) is 3. The van der Waals surface area contributed by atoms with Crippen molar-refractivity contribution < 1.29 is 9.53 Å². The van der Waals surface area contributed by atoms with Crippen LogP contribution in [0, 0.1) is 0 Å². The molecule has 1 aliphatic rings. The summed E-state index contributed by atoms with van der Waals surface area (Å²) in [6.45, 7) is 2.05. The van der Waals surface area contributed by atoms with Gasteiger partial charge in [-0.05, 0) is 31.4 Å². The maximum atomic E-state index is 12.7. The predicted octanol–water partition coefficient (Wildman–Crippen LogP) is 3.37. The van der Waals surface area contributed by atoms with Gasteiger partial charge in [-0.15, -0.1) is 0 Å². The maximum Gasteiger partial charge on any atom is 0.241 e. The predicted molar refractivity (Wildman–Crippen MR) is 94.9 cm³/mol. The Bertz CT molecular complexity index is 683. The molecule has 1 aliphatic carbocycles. The zero-order valence-corrected chi connectivity index (χ0v) is 14.2. The van der Waals surface area contributed by atoms with Crippen LogP contribution in [0.5, 0.6) is 5.75 Å². The highest BCUT2D eigenvalue weighted by molar-refractivity contribution is 5.83. The van der Waals surface area contributed by atoms with Crippen molar-refractivity contribution in [3.05, 3.63) is 65.7 Å². The molecule has 0 spiro atoms. The van der Waals surface area contributed by atoms with E-state index in [4.69, 9.17) is 4.74 Å². The summed E-state index contributed by atoms with van der Waals surface area (Å²) in [7, 11) is 1.67. The van der Waals surface area contributed by atoms with E-state index in [2.05, 4.69) is 17.6 Å². The number of carbonyl (C=O) groups excluding carboxylic acids is 1. The zero-order chi connectivity index (χ0) is 16.9. The van der Waals surface area contributed by atoms with E-state index in [1.165, 1.54) is 0 Å². The molecule has 0 unspecified atom stereocenters. The molecule has 0 aromatic heterocycles. The topological polar surface area (TPSA) is 50.4 Å². The molecule has 0 heterocycles. The summed E-state index contributed by atoms with van der Waals surface area (Å²) >= 11 is 0. The molecular formula is C20H24N2O2. The van der Waals surface area contributed by atoms with Crippen molar-refractivity contribution in [1.82, 2.24) is 10.6 Å². The lowest BCUT2D eigenvalue weighted by atomic mass is 10.0. The van der Waals surface area contributed by atoms with Crippen LogP contribution < -0.4 is 15.4 Å². The molecule has 2 aromatic carbocycles. The highest BCUT2D eigenvalue weighted by atomic mass is 16.5. The minimum atomic E-state index is -0.383. The van der Waals surface area contributed by atoms with Crippen molar-refractivity contribution in [2.24, 2.45) is 0 Å². The lowest BCUT2D eigenvalue weighted by molar-refractivity contribution is -0.123. The van der Waals surface area contributed by atoms with Gasteiger partial charge in [-0.25, -0.2) is 0 Å². The van der Waals surface area contributed by atoms with Gasteiger partial charge in [-0.2, -0.15) is 0 Å². The van der Waals surface area contributed by atoms with Crippen LogP contribution in [-0.4, -0.2) is 19.1 Å². The number of benzene rings is 2. The van der Waals surface area contributed by atoms with Crippen LogP contribution >= 0.6 is 0 Å². The van der Waals surface area contributed by atoms with Crippen molar-refractivity contribution in [3.8, 4) is 5.75 Å². The monoisotopic (exact) mass is 324 g/mol. The molecular weight excluding hydrogens is 300 g/mol. The van der Waals surface area contributed by atoms with Gasteiger partial charge in [0.05, 0.1) is 7.11 Å². The van der Waals surface area contributed by atoms with Crippen molar-refractivity contribution >= 4 is 5.91 Å². The van der Waals surface area contributed by atoms with Crippen LogP contribution in [0.1, 0.15) is 43.0 Å². The first-order chi connectivity index (χ1) is 11.7. The number of hydrogen-bond donors (Lipinski definition) is 2. The Kier molecular flexibility index (Phi) is 5.16. The van der Waals surface area contributed by atoms with Crippen molar-refractivity contribution in [3.63, 3.8) is 0 Å². The fourth-order valence-electron chi connectivity index (χ4n) is 2.84. The molecule has 0 bridgehead atoms. The van der Waals surface area contributed by atoms with E-state index in [9.17, 15) is 4.79 Å². The molecule has 4 heteroatoms. The van der Waals surface area contributed by atoms with Gasteiger partial charge in [0.15, 0.2) is 0 Å². The van der Waals surface area contributed by atoms with Crippen LogP contribution in [-0.2, 0) is 4.79 Å². The van der Waals surface area contributed by atoms with E-state index in [-0.39, 0.29) is 18.0 Å². The second kappa shape index (κ2) is 7.49. The van der Waals surface area contributed by atoms with Gasteiger partial charge < -0.3 is 10.1 Å². The first kappa shape index (κ1) is 16.5. The third-order valence-electron chi connectivity index (χ3n) is 4.34. The van der Waals surface area contributed by atoms with Crippen LogP contribution in [0.15, 0.2) is 54.6 Å². The zero-order valence-electron chi connectivity index (χ0n) is 14.2. The molecule has 2 aromatic rings. The molecule has 1 amide bonds. The summed E-state index contributed by atoms with van der Waals surface area (Å²) in [5.41, 5.74) is 2.01. The smallest absolute Gasteiger partial charge is 0.241 e. The molecule has 0 radical (unpaired) electrons. The van der Waals surface area contributed by atoms with Crippen molar-refractivity contribution in [1.29, 1.82) is 0 Å². The fourth-order valence-corrected chi connectivity index (χ4v) is 2.84. The molecule has 2 atom stereocenters. The normalized spacial score (nSPS) is 16.2. The third kappa shape index (κ3) is 3.95. The second-order valence-electron chi connectivity index (χ2n) is 6.26. The number of methoxy groups -OCH3 is 1.